The Morgan fingerprint density at radius 1 is 0.931 bits per heavy atom. The van der Waals surface area contributed by atoms with E-state index in [1.165, 1.54) is 44.1 Å². The topological polar surface area (TPSA) is 36.9 Å². The molecule has 7 rings (SSSR count). The van der Waals surface area contributed by atoms with E-state index in [-0.39, 0.29) is 6.10 Å². The van der Waals surface area contributed by atoms with Crippen molar-refractivity contribution in [3.63, 3.8) is 0 Å². The van der Waals surface area contributed by atoms with E-state index in [0.717, 1.165) is 36.8 Å². The van der Waals surface area contributed by atoms with Crippen LogP contribution >= 0.6 is 0 Å². The van der Waals surface area contributed by atoms with Gasteiger partial charge in [-0.1, -0.05) is 12.1 Å². The predicted octanol–water partition coefficient (Wildman–Crippen LogP) is 5.96. The smallest absolute Gasteiger partial charge is 0.210 e. The zero-order chi connectivity index (χ0) is 19.6. The molecule has 1 aromatic carbocycles. The molecule has 6 aliphatic rings. The van der Waals surface area contributed by atoms with Crippen molar-refractivity contribution in [3.8, 4) is 5.75 Å². The van der Waals surface area contributed by atoms with Crippen LogP contribution in [-0.2, 0) is 14.5 Å². The van der Waals surface area contributed by atoms with Gasteiger partial charge in [-0.25, -0.2) is 0 Å². The van der Waals surface area contributed by atoms with Gasteiger partial charge in [-0.15, -0.1) is 0 Å². The zero-order valence-electron chi connectivity index (χ0n) is 17.8. The van der Waals surface area contributed by atoms with E-state index in [0.29, 0.717) is 17.8 Å². The summed E-state index contributed by atoms with van der Waals surface area (Å²) in [4.78, 5) is 12.4. The van der Waals surface area contributed by atoms with Crippen molar-refractivity contribution in [2.75, 3.05) is 0 Å². The summed E-state index contributed by atoms with van der Waals surface area (Å²) in [5.41, 5.74) is 1.36. The molecule has 2 atom stereocenters. The minimum absolute atomic E-state index is 0.202. The molecule has 29 heavy (non-hydrogen) atoms. The van der Waals surface area contributed by atoms with E-state index in [9.17, 15) is 0 Å². The minimum Gasteiger partial charge on any atom is -0.491 e. The lowest BCUT2D eigenvalue weighted by Crippen LogP contribution is -2.59. The normalized spacial score (nSPS) is 45.6. The number of hydrogen-bond donors (Lipinski definition) is 0. The molecule has 4 heteroatoms. The van der Waals surface area contributed by atoms with Crippen LogP contribution < -0.4 is 4.74 Å². The van der Waals surface area contributed by atoms with Crippen molar-refractivity contribution in [1.82, 2.24) is 0 Å². The van der Waals surface area contributed by atoms with Crippen LogP contribution in [0.3, 0.4) is 0 Å². The highest BCUT2D eigenvalue weighted by Crippen LogP contribution is 2.64. The Bertz CT molecular complexity index is 729. The Balaban J connectivity index is 1.19. The molecule has 0 N–H and O–H groups in total. The highest BCUT2D eigenvalue weighted by Gasteiger charge is 2.67. The second kappa shape index (κ2) is 6.70. The van der Waals surface area contributed by atoms with Crippen molar-refractivity contribution in [2.24, 2.45) is 23.7 Å². The molecule has 0 aromatic heterocycles. The zero-order valence-corrected chi connectivity index (χ0v) is 17.8. The molecule has 1 aliphatic heterocycles. The second-order valence-corrected chi connectivity index (χ2v) is 10.7. The highest BCUT2D eigenvalue weighted by molar-refractivity contribution is 5.30. The molecule has 0 amide bonds. The fraction of sp³-hybridized carbons (Fsp3) is 0.760. The Morgan fingerprint density at radius 2 is 1.62 bits per heavy atom. The average molecular weight is 399 g/mol. The summed E-state index contributed by atoms with van der Waals surface area (Å²) >= 11 is 0. The molecule has 1 aromatic rings. The van der Waals surface area contributed by atoms with Crippen LogP contribution in [0.25, 0.3) is 0 Å². The fourth-order valence-corrected chi connectivity index (χ4v) is 7.35. The molecule has 0 radical (unpaired) electrons. The van der Waals surface area contributed by atoms with Gasteiger partial charge in [-0.2, -0.15) is 9.78 Å². The summed E-state index contributed by atoms with van der Waals surface area (Å²) in [5, 5.41) is 0. The molecule has 5 saturated carbocycles. The molecular formula is C25H34O4. The number of ether oxygens (including phenoxy) is 2. The van der Waals surface area contributed by atoms with Gasteiger partial charge in [0.05, 0.1) is 6.10 Å². The van der Waals surface area contributed by atoms with E-state index >= 15 is 0 Å². The monoisotopic (exact) mass is 398 g/mol. The first-order valence-corrected chi connectivity index (χ1v) is 11.9. The van der Waals surface area contributed by atoms with Crippen molar-refractivity contribution < 1.29 is 19.2 Å². The summed E-state index contributed by atoms with van der Waals surface area (Å²) in [5.74, 6) is 3.26. The number of benzene rings is 1. The Kier molecular flexibility index (Phi) is 4.31. The molecule has 0 unspecified atom stereocenters. The van der Waals surface area contributed by atoms with Gasteiger partial charge in [-0.05, 0) is 94.2 Å². The third-order valence-corrected chi connectivity index (χ3v) is 8.34. The first-order valence-electron chi connectivity index (χ1n) is 11.9. The second-order valence-electron chi connectivity index (χ2n) is 10.7. The molecule has 6 fully saturated rings. The van der Waals surface area contributed by atoms with E-state index in [1.54, 1.807) is 0 Å². The molecule has 2 spiro atoms. The number of hydrogen-bond acceptors (Lipinski definition) is 4. The molecule has 1 heterocycles. The van der Waals surface area contributed by atoms with Gasteiger partial charge in [0, 0.05) is 24.7 Å². The summed E-state index contributed by atoms with van der Waals surface area (Å²) in [6.45, 7) is 4.13. The molecule has 5 aliphatic carbocycles. The third-order valence-electron chi connectivity index (χ3n) is 8.34. The Morgan fingerprint density at radius 3 is 2.28 bits per heavy atom. The lowest BCUT2D eigenvalue weighted by molar-refractivity contribution is -0.390. The summed E-state index contributed by atoms with van der Waals surface area (Å²) in [7, 11) is 0. The molecule has 4 bridgehead atoms. The van der Waals surface area contributed by atoms with Crippen LogP contribution in [0.2, 0.25) is 0 Å². The van der Waals surface area contributed by atoms with Crippen LogP contribution in [0.4, 0.5) is 0 Å². The van der Waals surface area contributed by atoms with Gasteiger partial charge >= 0.3 is 0 Å². The van der Waals surface area contributed by atoms with Crippen molar-refractivity contribution in [3.05, 3.63) is 29.8 Å². The lowest BCUT2D eigenvalue weighted by Gasteiger charge is -2.57. The van der Waals surface area contributed by atoms with Crippen molar-refractivity contribution >= 4 is 0 Å². The van der Waals surface area contributed by atoms with Gasteiger partial charge in [0.15, 0.2) is 0 Å². The van der Waals surface area contributed by atoms with Crippen LogP contribution in [0.1, 0.15) is 83.1 Å². The van der Waals surface area contributed by atoms with Gasteiger partial charge in [0.1, 0.15) is 5.75 Å². The summed E-state index contributed by atoms with van der Waals surface area (Å²) in [6.07, 6.45) is 10.9. The maximum absolute atomic E-state index is 6.91. The Hall–Kier alpha value is -1.10. The predicted molar refractivity (Wildman–Crippen MR) is 109 cm³/mol. The highest BCUT2D eigenvalue weighted by atomic mass is 17.3. The fourth-order valence-electron chi connectivity index (χ4n) is 7.35. The van der Waals surface area contributed by atoms with Crippen LogP contribution in [0.5, 0.6) is 5.75 Å². The average Bonchev–Trinajstić information content (AvgIpc) is 3.05. The molecular weight excluding hydrogens is 364 g/mol. The first-order chi connectivity index (χ1) is 14.0. The maximum atomic E-state index is 6.91. The largest absolute Gasteiger partial charge is 0.491 e. The van der Waals surface area contributed by atoms with Crippen LogP contribution in [0.15, 0.2) is 24.3 Å². The van der Waals surface area contributed by atoms with Gasteiger partial charge in [0.2, 0.25) is 11.6 Å². The van der Waals surface area contributed by atoms with Crippen LogP contribution in [-0.4, -0.2) is 17.7 Å². The van der Waals surface area contributed by atoms with Crippen LogP contribution in [0, 0.1) is 23.7 Å². The SMILES string of the molecule is CC(C)Oc1ccc([C@@H]2CCC[C@]3(C2)OOC2(O3)C3CC4CC(C3)CC2C4)cc1. The standard InChI is InChI=1S/C25H34O4/c1-16(2)26-23-7-5-19(6-8-23)20-4-3-9-24(15-20)27-25(29-28-24)21-11-17-10-18(13-21)14-22(25)12-17/h5-8,16-18,20-22H,3-4,9-15H2,1-2H3/t17?,18?,20-,21?,22?,24-,25?/m1/s1. The minimum atomic E-state index is -0.550. The lowest BCUT2D eigenvalue weighted by atomic mass is 9.53. The van der Waals surface area contributed by atoms with Crippen molar-refractivity contribution in [2.45, 2.75) is 95.2 Å². The molecule has 1 saturated heterocycles. The van der Waals surface area contributed by atoms with Crippen molar-refractivity contribution in [1.29, 1.82) is 0 Å². The maximum Gasteiger partial charge on any atom is 0.210 e. The van der Waals surface area contributed by atoms with E-state index in [4.69, 9.17) is 19.2 Å². The molecule has 158 valence electrons. The van der Waals surface area contributed by atoms with Gasteiger partial charge < -0.3 is 9.47 Å². The van der Waals surface area contributed by atoms with E-state index in [1.807, 2.05) is 0 Å². The quantitative estimate of drug-likeness (QED) is 0.589. The first kappa shape index (κ1) is 18.7. The van der Waals surface area contributed by atoms with Gasteiger partial charge in [-0.3, -0.25) is 0 Å². The summed E-state index contributed by atoms with van der Waals surface area (Å²) < 4.78 is 12.7. The van der Waals surface area contributed by atoms with Gasteiger partial charge in [0.25, 0.3) is 0 Å². The van der Waals surface area contributed by atoms with E-state index < -0.39 is 11.6 Å². The third kappa shape index (κ3) is 3.05. The Labute approximate surface area is 174 Å². The number of rotatable bonds is 3. The summed E-state index contributed by atoms with van der Waals surface area (Å²) in [6, 6.07) is 8.64. The molecule has 4 nitrogen and oxygen atoms in total. The van der Waals surface area contributed by atoms with E-state index in [2.05, 4.69) is 38.1 Å².